The Morgan fingerprint density at radius 1 is 1.30 bits per heavy atom. The van der Waals surface area contributed by atoms with E-state index in [1.807, 2.05) is 17.0 Å². The molecule has 2 aromatic rings. The molecule has 1 atom stereocenters. The summed E-state index contributed by atoms with van der Waals surface area (Å²) < 4.78 is 13.2. The topological polar surface area (TPSA) is 56.1 Å². The second kappa shape index (κ2) is 7.52. The fourth-order valence-electron chi connectivity index (χ4n) is 2.17. The van der Waals surface area contributed by atoms with Gasteiger partial charge in [0.05, 0.1) is 17.7 Å². The molecule has 2 rings (SSSR count). The highest BCUT2D eigenvalue weighted by Crippen LogP contribution is 2.13. The third-order valence-corrected chi connectivity index (χ3v) is 3.62. The number of halogens is 1. The minimum Gasteiger partial charge on any atom is -0.325 e. The summed E-state index contributed by atoms with van der Waals surface area (Å²) >= 11 is 0. The number of amides is 1. The lowest BCUT2D eigenvalue weighted by Gasteiger charge is -2.24. The van der Waals surface area contributed by atoms with Gasteiger partial charge in [0.25, 0.3) is 0 Å². The first-order valence-corrected chi connectivity index (χ1v) is 7.25. The first-order valence-electron chi connectivity index (χ1n) is 7.25. The molecule has 0 radical (unpaired) electrons. The molecular weight excluding hydrogens is 293 g/mol. The quantitative estimate of drug-likeness (QED) is 0.923. The second-order valence-electron chi connectivity index (χ2n) is 5.40. The number of rotatable bonds is 5. The van der Waals surface area contributed by atoms with Crippen molar-refractivity contribution in [3.63, 3.8) is 0 Å². The van der Waals surface area contributed by atoms with Gasteiger partial charge < -0.3 is 5.32 Å². The molecule has 0 fully saturated rings. The molecule has 23 heavy (non-hydrogen) atoms. The largest absolute Gasteiger partial charge is 0.325 e. The molecule has 0 aromatic heterocycles. The molecular formula is C18H18FN3O. The van der Waals surface area contributed by atoms with Gasteiger partial charge in [-0.1, -0.05) is 18.2 Å². The van der Waals surface area contributed by atoms with Crippen LogP contribution in [-0.2, 0) is 11.3 Å². The number of carbonyl (C=O) groups excluding carboxylic acids is 1. The Balaban J connectivity index is 1.99. The molecule has 0 unspecified atom stereocenters. The highest BCUT2D eigenvalue weighted by Gasteiger charge is 2.18. The van der Waals surface area contributed by atoms with Crippen LogP contribution in [0, 0.1) is 17.1 Å². The van der Waals surface area contributed by atoms with Gasteiger partial charge in [0.15, 0.2) is 0 Å². The number of nitriles is 1. The lowest BCUT2D eigenvalue weighted by molar-refractivity contribution is -0.120. The number of carbonyl (C=O) groups is 1. The van der Waals surface area contributed by atoms with Gasteiger partial charge in [0, 0.05) is 12.2 Å². The predicted octanol–water partition coefficient (Wildman–Crippen LogP) is 3.16. The molecule has 5 heteroatoms. The normalized spacial score (nSPS) is 11.8. The maximum atomic E-state index is 13.2. The van der Waals surface area contributed by atoms with Crippen LogP contribution >= 0.6 is 0 Å². The lowest BCUT2D eigenvalue weighted by Crippen LogP contribution is -2.39. The number of benzene rings is 2. The summed E-state index contributed by atoms with van der Waals surface area (Å²) in [6, 6.07) is 14.7. The third-order valence-electron chi connectivity index (χ3n) is 3.62. The highest BCUT2D eigenvalue weighted by atomic mass is 19.1. The van der Waals surface area contributed by atoms with Crippen LogP contribution in [0.15, 0.2) is 48.5 Å². The van der Waals surface area contributed by atoms with E-state index in [-0.39, 0.29) is 11.7 Å². The standard InChI is InChI=1S/C18H18FN3O/c1-13(22(2)12-15-6-3-7-16(19)9-15)18(23)21-17-8-4-5-14(10-17)11-20/h3-10,13H,12H2,1-2H3,(H,21,23)/t13-/m0/s1. The zero-order valence-electron chi connectivity index (χ0n) is 13.1. The number of anilines is 1. The molecule has 0 heterocycles. The smallest absolute Gasteiger partial charge is 0.241 e. The molecule has 1 N–H and O–H groups in total. The van der Waals surface area contributed by atoms with Crippen LogP contribution in [0.3, 0.4) is 0 Å². The fraction of sp³-hybridized carbons (Fsp3) is 0.222. The molecule has 2 aromatic carbocycles. The molecule has 0 saturated heterocycles. The van der Waals surface area contributed by atoms with Crippen LogP contribution in [-0.4, -0.2) is 23.9 Å². The maximum absolute atomic E-state index is 13.2. The van der Waals surface area contributed by atoms with Crippen molar-refractivity contribution in [2.45, 2.75) is 19.5 Å². The maximum Gasteiger partial charge on any atom is 0.241 e. The summed E-state index contributed by atoms with van der Waals surface area (Å²) in [4.78, 5) is 14.1. The number of hydrogen-bond donors (Lipinski definition) is 1. The molecule has 0 saturated carbocycles. The van der Waals surface area contributed by atoms with E-state index in [0.717, 1.165) is 5.56 Å². The van der Waals surface area contributed by atoms with Crippen LogP contribution in [0.1, 0.15) is 18.1 Å². The molecule has 0 aliphatic carbocycles. The van der Waals surface area contributed by atoms with E-state index >= 15 is 0 Å². The van der Waals surface area contributed by atoms with Crippen LogP contribution < -0.4 is 5.32 Å². The second-order valence-corrected chi connectivity index (χ2v) is 5.40. The van der Waals surface area contributed by atoms with E-state index in [9.17, 15) is 9.18 Å². The average Bonchev–Trinajstić information content (AvgIpc) is 2.54. The summed E-state index contributed by atoms with van der Waals surface area (Å²) in [5, 5.41) is 11.7. The van der Waals surface area contributed by atoms with Gasteiger partial charge in [0.1, 0.15) is 5.82 Å². The molecule has 1 amide bonds. The summed E-state index contributed by atoms with van der Waals surface area (Å²) in [5.41, 5.74) is 1.88. The Bertz CT molecular complexity index is 739. The van der Waals surface area contributed by atoms with Crippen molar-refractivity contribution in [2.24, 2.45) is 0 Å². The molecule has 0 bridgehead atoms. The highest BCUT2D eigenvalue weighted by molar-refractivity contribution is 5.94. The predicted molar refractivity (Wildman–Crippen MR) is 87.1 cm³/mol. The van der Waals surface area contributed by atoms with Gasteiger partial charge in [0.2, 0.25) is 5.91 Å². The number of likely N-dealkylation sites (N-methyl/N-ethyl adjacent to an activating group) is 1. The molecule has 0 aliphatic heterocycles. The Morgan fingerprint density at radius 3 is 2.74 bits per heavy atom. The van der Waals surface area contributed by atoms with Crippen molar-refractivity contribution in [2.75, 3.05) is 12.4 Å². The lowest BCUT2D eigenvalue weighted by atomic mass is 10.1. The Morgan fingerprint density at radius 2 is 2.04 bits per heavy atom. The van der Waals surface area contributed by atoms with Crippen molar-refractivity contribution < 1.29 is 9.18 Å². The van der Waals surface area contributed by atoms with Crippen LogP contribution in [0.4, 0.5) is 10.1 Å². The Hall–Kier alpha value is -2.71. The van der Waals surface area contributed by atoms with E-state index < -0.39 is 6.04 Å². The van der Waals surface area contributed by atoms with Crippen LogP contribution in [0.2, 0.25) is 0 Å². The van der Waals surface area contributed by atoms with E-state index in [4.69, 9.17) is 5.26 Å². The Kier molecular flexibility index (Phi) is 5.45. The van der Waals surface area contributed by atoms with Crippen LogP contribution in [0.5, 0.6) is 0 Å². The van der Waals surface area contributed by atoms with Crippen molar-refractivity contribution in [3.8, 4) is 6.07 Å². The van der Waals surface area contributed by atoms with E-state index in [1.54, 1.807) is 44.3 Å². The summed E-state index contributed by atoms with van der Waals surface area (Å²) in [5.74, 6) is -0.472. The number of nitrogens with one attached hydrogen (secondary N) is 1. The van der Waals surface area contributed by atoms with Gasteiger partial charge in [-0.2, -0.15) is 5.26 Å². The van der Waals surface area contributed by atoms with Gasteiger partial charge in [-0.05, 0) is 49.9 Å². The Labute approximate surface area is 135 Å². The monoisotopic (exact) mass is 311 g/mol. The summed E-state index contributed by atoms with van der Waals surface area (Å²) in [7, 11) is 1.81. The summed E-state index contributed by atoms with van der Waals surface area (Å²) in [6.45, 7) is 2.24. The SMILES string of the molecule is C[C@@H](C(=O)Nc1cccc(C#N)c1)N(C)Cc1cccc(F)c1. The fourth-order valence-corrected chi connectivity index (χ4v) is 2.17. The third kappa shape index (κ3) is 4.63. The van der Waals surface area contributed by atoms with Gasteiger partial charge in [-0.3, -0.25) is 9.69 Å². The van der Waals surface area contributed by atoms with Crippen molar-refractivity contribution in [3.05, 3.63) is 65.5 Å². The summed E-state index contributed by atoms with van der Waals surface area (Å²) in [6.07, 6.45) is 0. The van der Waals surface area contributed by atoms with Crippen molar-refractivity contribution >= 4 is 11.6 Å². The van der Waals surface area contributed by atoms with Gasteiger partial charge in [-0.15, -0.1) is 0 Å². The molecule has 0 aliphatic rings. The van der Waals surface area contributed by atoms with Crippen molar-refractivity contribution in [1.82, 2.24) is 4.90 Å². The molecule has 118 valence electrons. The van der Waals surface area contributed by atoms with E-state index in [1.165, 1.54) is 12.1 Å². The zero-order chi connectivity index (χ0) is 16.8. The van der Waals surface area contributed by atoms with E-state index in [2.05, 4.69) is 5.32 Å². The van der Waals surface area contributed by atoms with Gasteiger partial charge >= 0.3 is 0 Å². The van der Waals surface area contributed by atoms with Gasteiger partial charge in [-0.25, -0.2) is 4.39 Å². The average molecular weight is 311 g/mol. The minimum atomic E-state index is -0.399. The van der Waals surface area contributed by atoms with E-state index in [0.29, 0.717) is 17.8 Å². The first-order chi connectivity index (χ1) is 11.0. The minimum absolute atomic E-state index is 0.181. The number of hydrogen-bond acceptors (Lipinski definition) is 3. The zero-order valence-corrected chi connectivity index (χ0v) is 13.1. The molecule has 0 spiro atoms. The van der Waals surface area contributed by atoms with Crippen molar-refractivity contribution in [1.29, 1.82) is 5.26 Å². The van der Waals surface area contributed by atoms with Crippen LogP contribution in [0.25, 0.3) is 0 Å². The molecule has 4 nitrogen and oxygen atoms in total. The first kappa shape index (κ1) is 16.7. The number of nitrogens with zero attached hydrogens (tertiary/aromatic N) is 2.